The molecule has 0 aliphatic carbocycles. The molecule has 0 heterocycles. The Morgan fingerprint density at radius 2 is 1.94 bits per heavy atom. The van der Waals surface area contributed by atoms with E-state index in [1.807, 2.05) is 12.1 Å². The van der Waals surface area contributed by atoms with E-state index in [-0.39, 0.29) is 12.5 Å². The Morgan fingerprint density at radius 1 is 1.33 bits per heavy atom. The van der Waals surface area contributed by atoms with Crippen molar-refractivity contribution in [3.63, 3.8) is 0 Å². The fourth-order valence-electron chi connectivity index (χ4n) is 1.15. The van der Waals surface area contributed by atoms with Gasteiger partial charge in [-0.05, 0) is 31.2 Å². The number of nitrogens with one attached hydrogen (secondary N) is 1. The van der Waals surface area contributed by atoms with Gasteiger partial charge in [0.2, 0.25) is 0 Å². The molecule has 0 aliphatic rings. The first kappa shape index (κ1) is 14.5. The topological polar surface area (TPSA) is 64.6 Å². The lowest BCUT2D eigenvalue weighted by Crippen LogP contribution is -2.39. The number of esters is 1. The maximum atomic E-state index is 11.6. The van der Waals surface area contributed by atoms with Crippen molar-refractivity contribution in [1.82, 2.24) is 5.32 Å². The highest BCUT2D eigenvalue weighted by Crippen LogP contribution is 2.17. The van der Waals surface area contributed by atoms with Gasteiger partial charge < -0.3 is 14.8 Å². The van der Waals surface area contributed by atoms with Gasteiger partial charge in [-0.15, -0.1) is 0 Å². The zero-order chi connectivity index (χ0) is 13.5. The van der Waals surface area contributed by atoms with E-state index in [1.165, 1.54) is 7.11 Å². The summed E-state index contributed by atoms with van der Waals surface area (Å²) in [6.45, 7) is 1.44. The lowest BCUT2D eigenvalue weighted by molar-refractivity contribution is -0.141. The minimum atomic E-state index is -0.684. The summed E-state index contributed by atoms with van der Waals surface area (Å²) in [6.07, 6.45) is -0.684. The molecule has 0 aliphatic heterocycles. The monoisotopic (exact) mass is 315 g/mol. The van der Waals surface area contributed by atoms with E-state index >= 15 is 0 Å². The highest BCUT2D eigenvalue weighted by Gasteiger charge is 2.15. The van der Waals surface area contributed by atoms with Gasteiger partial charge in [-0.2, -0.15) is 0 Å². The molecule has 0 spiro atoms. The van der Waals surface area contributed by atoms with Crippen LogP contribution in [0.3, 0.4) is 0 Å². The summed E-state index contributed by atoms with van der Waals surface area (Å²) in [6, 6.07) is 7.12. The van der Waals surface area contributed by atoms with Crippen LogP contribution in [-0.4, -0.2) is 31.6 Å². The summed E-state index contributed by atoms with van der Waals surface area (Å²) in [5, 5.41) is 2.42. The molecule has 0 aromatic heterocycles. The molecule has 1 aromatic rings. The van der Waals surface area contributed by atoms with Crippen molar-refractivity contribution in [3.8, 4) is 5.75 Å². The van der Waals surface area contributed by atoms with Gasteiger partial charge in [0.1, 0.15) is 12.3 Å². The summed E-state index contributed by atoms with van der Waals surface area (Å²) < 4.78 is 10.8. The van der Waals surface area contributed by atoms with Gasteiger partial charge in [0.15, 0.2) is 6.10 Å². The molecule has 1 aromatic carbocycles. The van der Waals surface area contributed by atoms with Crippen LogP contribution in [0, 0.1) is 0 Å². The number of benzene rings is 1. The van der Waals surface area contributed by atoms with Crippen LogP contribution in [0.25, 0.3) is 0 Å². The standard InChI is InChI=1S/C12H14BrNO4/c1-8(12(16)14-7-11(15)17-2)18-10-5-3-9(13)4-6-10/h3-6,8H,7H2,1-2H3,(H,14,16). The third kappa shape index (κ3) is 4.75. The Hall–Kier alpha value is -1.56. The SMILES string of the molecule is COC(=O)CNC(=O)C(C)Oc1ccc(Br)cc1. The maximum absolute atomic E-state index is 11.6. The molecule has 0 fully saturated rings. The summed E-state index contributed by atoms with van der Waals surface area (Å²) in [7, 11) is 1.26. The fourth-order valence-corrected chi connectivity index (χ4v) is 1.41. The Balaban J connectivity index is 2.44. The number of amides is 1. The quantitative estimate of drug-likeness (QED) is 0.836. The third-order valence-electron chi connectivity index (χ3n) is 2.13. The molecule has 1 amide bonds. The number of ether oxygens (including phenoxy) is 2. The minimum absolute atomic E-state index is 0.163. The average Bonchev–Trinajstić information content (AvgIpc) is 2.38. The van der Waals surface area contributed by atoms with Crippen LogP contribution in [-0.2, 0) is 14.3 Å². The van der Waals surface area contributed by atoms with Crippen molar-refractivity contribution >= 4 is 27.8 Å². The Kier molecular flexibility index (Phi) is 5.64. The predicted molar refractivity (Wildman–Crippen MR) is 69.3 cm³/mol. The molecule has 0 saturated heterocycles. The molecule has 18 heavy (non-hydrogen) atoms. The molecule has 0 saturated carbocycles. The van der Waals surface area contributed by atoms with Gasteiger partial charge in [0.25, 0.3) is 5.91 Å². The second kappa shape index (κ2) is 7.00. The lowest BCUT2D eigenvalue weighted by atomic mass is 10.3. The third-order valence-corrected chi connectivity index (χ3v) is 2.66. The van der Waals surface area contributed by atoms with Crippen LogP contribution in [0.4, 0.5) is 0 Å². The van der Waals surface area contributed by atoms with Gasteiger partial charge in [-0.3, -0.25) is 9.59 Å². The van der Waals surface area contributed by atoms with Crippen LogP contribution in [0.15, 0.2) is 28.7 Å². The van der Waals surface area contributed by atoms with E-state index in [0.717, 1.165) is 4.47 Å². The van der Waals surface area contributed by atoms with Crippen molar-refractivity contribution in [2.75, 3.05) is 13.7 Å². The molecule has 0 bridgehead atoms. The van der Waals surface area contributed by atoms with Gasteiger partial charge in [-0.25, -0.2) is 0 Å². The van der Waals surface area contributed by atoms with E-state index in [0.29, 0.717) is 5.75 Å². The van der Waals surface area contributed by atoms with Gasteiger partial charge in [0.05, 0.1) is 7.11 Å². The van der Waals surface area contributed by atoms with E-state index in [4.69, 9.17) is 4.74 Å². The molecular formula is C12H14BrNO4. The van der Waals surface area contributed by atoms with Gasteiger partial charge in [0, 0.05) is 4.47 Å². The lowest BCUT2D eigenvalue weighted by Gasteiger charge is -2.14. The van der Waals surface area contributed by atoms with E-state index in [2.05, 4.69) is 26.0 Å². The number of carbonyl (C=O) groups is 2. The smallest absolute Gasteiger partial charge is 0.325 e. The van der Waals surface area contributed by atoms with Crippen molar-refractivity contribution < 1.29 is 19.1 Å². The maximum Gasteiger partial charge on any atom is 0.325 e. The van der Waals surface area contributed by atoms with Crippen LogP contribution < -0.4 is 10.1 Å². The van der Waals surface area contributed by atoms with Gasteiger partial charge in [-0.1, -0.05) is 15.9 Å². The van der Waals surface area contributed by atoms with Crippen LogP contribution in [0.1, 0.15) is 6.92 Å². The predicted octanol–water partition coefficient (Wildman–Crippen LogP) is 1.51. The van der Waals surface area contributed by atoms with Gasteiger partial charge >= 0.3 is 5.97 Å². The molecule has 1 N–H and O–H groups in total. The summed E-state index contributed by atoms with van der Waals surface area (Å²) in [4.78, 5) is 22.4. The summed E-state index contributed by atoms with van der Waals surface area (Å²) >= 11 is 3.30. The van der Waals surface area contributed by atoms with E-state index < -0.39 is 12.1 Å². The minimum Gasteiger partial charge on any atom is -0.481 e. The number of hydrogen-bond donors (Lipinski definition) is 1. The summed E-state index contributed by atoms with van der Waals surface area (Å²) in [5.74, 6) is -0.290. The second-order valence-corrected chi connectivity index (χ2v) is 4.42. The second-order valence-electron chi connectivity index (χ2n) is 3.51. The highest BCUT2D eigenvalue weighted by atomic mass is 79.9. The molecule has 1 atom stereocenters. The Morgan fingerprint density at radius 3 is 2.50 bits per heavy atom. The van der Waals surface area contributed by atoms with Crippen molar-refractivity contribution in [2.24, 2.45) is 0 Å². The molecule has 0 radical (unpaired) electrons. The fraction of sp³-hybridized carbons (Fsp3) is 0.333. The number of methoxy groups -OCH3 is 1. The first-order chi connectivity index (χ1) is 8.52. The largest absolute Gasteiger partial charge is 0.481 e. The molecule has 1 unspecified atom stereocenters. The number of carbonyl (C=O) groups excluding carboxylic acids is 2. The normalized spacial score (nSPS) is 11.5. The average molecular weight is 316 g/mol. The highest BCUT2D eigenvalue weighted by molar-refractivity contribution is 9.10. The van der Waals surface area contributed by atoms with Crippen molar-refractivity contribution in [1.29, 1.82) is 0 Å². The van der Waals surface area contributed by atoms with Crippen molar-refractivity contribution in [3.05, 3.63) is 28.7 Å². The first-order valence-electron chi connectivity index (χ1n) is 5.29. The molecule has 5 nitrogen and oxygen atoms in total. The number of rotatable bonds is 5. The zero-order valence-corrected chi connectivity index (χ0v) is 11.7. The molecular weight excluding hydrogens is 302 g/mol. The van der Waals surface area contributed by atoms with Crippen molar-refractivity contribution in [2.45, 2.75) is 13.0 Å². The number of hydrogen-bond acceptors (Lipinski definition) is 4. The Labute approximate surface area is 114 Å². The first-order valence-corrected chi connectivity index (χ1v) is 6.09. The van der Waals surface area contributed by atoms with Crippen LogP contribution >= 0.6 is 15.9 Å². The molecule has 98 valence electrons. The molecule has 6 heteroatoms. The Bertz CT molecular complexity index is 419. The van der Waals surface area contributed by atoms with E-state index in [1.54, 1.807) is 19.1 Å². The summed E-state index contributed by atoms with van der Waals surface area (Å²) in [5.41, 5.74) is 0. The zero-order valence-electron chi connectivity index (χ0n) is 10.1. The molecule has 1 rings (SSSR count). The van der Waals surface area contributed by atoms with Crippen LogP contribution in [0.5, 0.6) is 5.75 Å². The van der Waals surface area contributed by atoms with Crippen LogP contribution in [0.2, 0.25) is 0 Å². The van der Waals surface area contributed by atoms with E-state index in [9.17, 15) is 9.59 Å². The number of halogens is 1.